The molecule has 5 nitrogen and oxygen atoms in total. The summed E-state index contributed by atoms with van der Waals surface area (Å²) in [4.78, 5) is 0.117. The maximum Gasteiger partial charge on any atom is 0.264 e. The summed E-state index contributed by atoms with van der Waals surface area (Å²) in [6, 6.07) is 14.0. The van der Waals surface area contributed by atoms with Gasteiger partial charge in [0.2, 0.25) is 0 Å². The molecule has 0 aliphatic heterocycles. The maximum absolute atomic E-state index is 12.9. The van der Waals surface area contributed by atoms with E-state index in [4.69, 9.17) is 6.42 Å². The van der Waals surface area contributed by atoms with E-state index in [-0.39, 0.29) is 22.0 Å². The van der Waals surface area contributed by atoms with Gasteiger partial charge in [0.25, 0.3) is 10.0 Å². The molecular weight excluding hydrogens is 370 g/mol. The molecule has 0 heterocycles. The fourth-order valence-corrected chi connectivity index (χ4v) is 5.09. The lowest BCUT2D eigenvalue weighted by Crippen LogP contribution is -2.33. The second-order valence-corrected chi connectivity index (χ2v) is 9.52. The van der Waals surface area contributed by atoms with Gasteiger partial charge in [-0.1, -0.05) is 48.4 Å². The third-order valence-electron chi connectivity index (χ3n) is 3.66. The van der Waals surface area contributed by atoms with Gasteiger partial charge in [0.05, 0.1) is 22.1 Å². The zero-order valence-corrected chi connectivity index (χ0v) is 15.9. The number of hydrogen-bond donors (Lipinski definition) is 0. The molecule has 136 valence electrons. The standard InChI is InChI=1S/C19H19NO4S2/c1-4-14-20(26(23,24)19-12-10-16(2)11-13-19)17(3)15-25(21,22)18-8-6-5-7-9-18/h1,5-13H,3,14-15H2,2H3. The Hall–Kier alpha value is -2.56. The van der Waals surface area contributed by atoms with Crippen molar-refractivity contribution in [3.8, 4) is 12.3 Å². The van der Waals surface area contributed by atoms with Crippen molar-refractivity contribution in [1.82, 2.24) is 4.31 Å². The van der Waals surface area contributed by atoms with E-state index < -0.39 is 25.6 Å². The lowest BCUT2D eigenvalue weighted by atomic mass is 10.2. The number of nitrogens with zero attached hydrogens (tertiary/aromatic N) is 1. The third-order valence-corrected chi connectivity index (χ3v) is 7.19. The molecule has 26 heavy (non-hydrogen) atoms. The SMILES string of the molecule is C#CCN(C(=C)CS(=O)(=O)c1ccccc1)S(=O)(=O)c1ccc(C)cc1. The van der Waals surface area contributed by atoms with Gasteiger partial charge in [-0.3, -0.25) is 4.31 Å². The second kappa shape index (κ2) is 7.77. The highest BCUT2D eigenvalue weighted by Gasteiger charge is 2.28. The molecule has 2 aromatic rings. The normalized spacial score (nSPS) is 11.5. The van der Waals surface area contributed by atoms with Crippen LogP contribution >= 0.6 is 0 Å². The van der Waals surface area contributed by atoms with E-state index in [0.717, 1.165) is 9.87 Å². The summed E-state index contributed by atoms with van der Waals surface area (Å²) in [5, 5.41) is 0. The number of sulfone groups is 1. The molecule has 2 aromatic carbocycles. The van der Waals surface area contributed by atoms with Crippen LogP contribution in [0.2, 0.25) is 0 Å². The minimum absolute atomic E-state index is 0.0246. The summed E-state index contributed by atoms with van der Waals surface area (Å²) >= 11 is 0. The van der Waals surface area contributed by atoms with Crippen LogP contribution in [0.3, 0.4) is 0 Å². The monoisotopic (exact) mass is 389 g/mol. The molecule has 0 atom stereocenters. The van der Waals surface area contributed by atoms with Crippen molar-refractivity contribution in [1.29, 1.82) is 0 Å². The van der Waals surface area contributed by atoms with E-state index in [1.807, 2.05) is 6.92 Å². The lowest BCUT2D eigenvalue weighted by Gasteiger charge is -2.24. The number of hydrogen-bond acceptors (Lipinski definition) is 4. The number of terminal acetylenes is 1. The Labute approximate surface area is 154 Å². The molecule has 0 bridgehead atoms. The van der Waals surface area contributed by atoms with Crippen LogP contribution < -0.4 is 0 Å². The van der Waals surface area contributed by atoms with E-state index in [2.05, 4.69) is 12.5 Å². The molecule has 2 rings (SSSR count). The van der Waals surface area contributed by atoms with Crippen molar-refractivity contribution >= 4 is 19.9 Å². The first-order valence-electron chi connectivity index (χ1n) is 7.67. The number of aryl methyl sites for hydroxylation is 1. The molecule has 0 saturated carbocycles. The fourth-order valence-electron chi connectivity index (χ4n) is 2.29. The summed E-state index contributed by atoms with van der Waals surface area (Å²) in [6.45, 7) is 5.19. The number of benzene rings is 2. The van der Waals surface area contributed by atoms with E-state index in [1.54, 1.807) is 30.3 Å². The first-order chi connectivity index (χ1) is 12.2. The van der Waals surface area contributed by atoms with Gasteiger partial charge < -0.3 is 0 Å². The van der Waals surface area contributed by atoms with Crippen LogP contribution in [0.5, 0.6) is 0 Å². The largest absolute Gasteiger partial charge is 0.264 e. The van der Waals surface area contributed by atoms with Crippen molar-refractivity contribution in [2.45, 2.75) is 16.7 Å². The van der Waals surface area contributed by atoms with Gasteiger partial charge >= 0.3 is 0 Å². The van der Waals surface area contributed by atoms with E-state index in [1.165, 1.54) is 24.3 Å². The Bertz CT molecular complexity index is 1030. The Morgan fingerprint density at radius 1 is 1.00 bits per heavy atom. The number of sulfonamides is 1. The van der Waals surface area contributed by atoms with Gasteiger partial charge in [-0.2, -0.15) is 0 Å². The van der Waals surface area contributed by atoms with Crippen molar-refractivity contribution in [2.24, 2.45) is 0 Å². The highest BCUT2D eigenvalue weighted by atomic mass is 32.2. The average Bonchev–Trinajstić information content (AvgIpc) is 2.60. The molecule has 0 aliphatic carbocycles. The summed E-state index contributed by atoms with van der Waals surface area (Å²) in [7, 11) is -7.75. The molecule has 0 saturated heterocycles. The first kappa shape index (κ1) is 19.8. The lowest BCUT2D eigenvalue weighted by molar-refractivity contribution is 0.507. The van der Waals surface area contributed by atoms with Gasteiger partial charge in [-0.05, 0) is 31.2 Å². The molecule has 0 aromatic heterocycles. The molecule has 0 unspecified atom stereocenters. The van der Waals surface area contributed by atoms with Gasteiger partial charge in [0.1, 0.15) is 0 Å². The van der Waals surface area contributed by atoms with Crippen LogP contribution in [0.1, 0.15) is 5.56 Å². The Balaban J connectivity index is 2.36. The van der Waals surface area contributed by atoms with Crippen LogP contribution in [0.25, 0.3) is 0 Å². The zero-order valence-electron chi connectivity index (χ0n) is 14.3. The highest BCUT2D eigenvalue weighted by Crippen LogP contribution is 2.22. The molecule has 0 radical (unpaired) electrons. The molecule has 0 fully saturated rings. The minimum atomic E-state index is -4.01. The molecule has 0 aliphatic rings. The third kappa shape index (κ3) is 4.34. The highest BCUT2D eigenvalue weighted by molar-refractivity contribution is 7.92. The van der Waals surface area contributed by atoms with Gasteiger partial charge in [0.15, 0.2) is 9.84 Å². The van der Waals surface area contributed by atoms with Crippen molar-refractivity contribution in [2.75, 3.05) is 12.3 Å². The summed E-state index contributed by atoms with van der Waals surface area (Å²) in [5.41, 5.74) is 0.797. The van der Waals surface area contributed by atoms with Crippen molar-refractivity contribution in [3.05, 3.63) is 72.4 Å². The Kier molecular flexibility index (Phi) is 5.90. The second-order valence-electron chi connectivity index (χ2n) is 5.67. The quantitative estimate of drug-likeness (QED) is 0.683. The summed E-state index contributed by atoms with van der Waals surface area (Å²) in [6.07, 6.45) is 5.29. The summed E-state index contributed by atoms with van der Waals surface area (Å²) in [5.74, 6) is 1.70. The van der Waals surface area contributed by atoms with E-state index >= 15 is 0 Å². The predicted molar refractivity (Wildman–Crippen MR) is 102 cm³/mol. The zero-order chi connectivity index (χ0) is 19.4. The van der Waals surface area contributed by atoms with Gasteiger partial charge in [-0.15, -0.1) is 6.42 Å². The van der Waals surface area contributed by atoms with Crippen LogP contribution in [-0.4, -0.2) is 33.4 Å². The molecular formula is C19H19NO4S2. The maximum atomic E-state index is 12.9. The predicted octanol–water partition coefficient (Wildman–Crippen LogP) is 2.61. The summed E-state index contributed by atoms with van der Waals surface area (Å²) < 4.78 is 51.7. The van der Waals surface area contributed by atoms with Gasteiger partial charge in [-0.25, -0.2) is 16.8 Å². The van der Waals surface area contributed by atoms with Gasteiger partial charge in [0, 0.05) is 5.70 Å². The van der Waals surface area contributed by atoms with Crippen LogP contribution in [0.15, 0.2) is 76.7 Å². The molecule has 7 heteroatoms. The Morgan fingerprint density at radius 2 is 1.58 bits per heavy atom. The Morgan fingerprint density at radius 3 is 2.12 bits per heavy atom. The minimum Gasteiger partial charge on any atom is -0.258 e. The number of rotatable bonds is 7. The van der Waals surface area contributed by atoms with Crippen molar-refractivity contribution in [3.63, 3.8) is 0 Å². The topological polar surface area (TPSA) is 71.5 Å². The van der Waals surface area contributed by atoms with Crippen LogP contribution in [0.4, 0.5) is 0 Å². The van der Waals surface area contributed by atoms with Crippen LogP contribution in [-0.2, 0) is 19.9 Å². The van der Waals surface area contributed by atoms with E-state index in [0.29, 0.717) is 0 Å². The van der Waals surface area contributed by atoms with Crippen molar-refractivity contribution < 1.29 is 16.8 Å². The first-order valence-corrected chi connectivity index (χ1v) is 10.8. The molecule has 0 spiro atoms. The molecule has 0 N–H and O–H groups in total. The fraction of sp³-hybridized carbons (Fsp3) is 0.158. The molecule has 0 amide bonds. The smallest absolute Gasteiger partial charge is 0.258 e. The van der Waals surface area contributed by atoms with Crippen LogP contribution in [0, 0.1) is 19.3 Å². The average molecular weight is 389 g/mol. The van der Waals surface area contributed by atoms with E-state index in [9.17, 15) is 16.8 Å².